The Morgan fingerprint density at radius 2 is 1.38 bits per heavy atom. The molecule has 0 aliphatic heterocycles. The molecule has 0 heterocycles. The molecule has 34 heavy (non-hydrogen) atoms. The molecule has 0 radical (unpaired) electrons. The van der Waals surface area contributed by atoms with Crippen LogP contribution in [0.1, 0.15) is 113 Å². The predicted octanol–water partition coefficient (Wildman–Crippen LogP) is 7.76. The minimum Gasteiger partial charge on any atom is -0.463 e. The lowest BCUT2D eigenvalue weighted by Gasteiger charge is -2.23. The molecule has 0 fully saturated rings. The van der Waals surface area contributed by atoms with E-state index in [0.717, 1.165) is 12.0 Å². The lowest BCUT2D eigenvalue weighted by molar-refractivity contribution is -0.138. The zero-order valence-electron chi connectivity index (χ0n) is 23.3. The van der Waals surface area contributed by atoms with Crippen molar-refractivity contribution in [1.82, 2.24) is 0 Å². The van der Waals surface area contributed by atoms with Gasteiger partial charge in [0.1, 0.15) is 0 Å². The van der Waals surface area contributed by atoms with Gasteiger partial charge in [0.25, 0.3) is 0 Å². The molecular formula is C30H52O4. The van der Waals surface area contributed by atoms with Crippen LogP contribution in [0.15, 0.2) is 34.9 Å². The summed E-state index contributed by atoms with van der Waals surface area (Å²) in [5, 5.41) is 10.8. The Labute approximate surface area is 209 Å². The van der Waals surface area contributed by atoms with Crippen molar-refractivity contribution in [2.75, 3.05) is 6.61 Å². The third-order valence-electron chi connectivity index (χ3n) is 6.50. The standard InChI is InChI=1S/C30H52O4/c1-9-11-12-13-14-15-16-17-18-23(4)28(31)24(5)19-22(3)20-25(6)29(32)26(7)21-27(8)30(33)34-10-2/h19-21,23-24,26,28,31H,9-18H2,1-8H3/b22-19+,25-20+,27-21+/t23-,24+,26+,28-/m0/s1. The molecule has 1 N–H and O–H groups in total. The highest BCUT2D eigenvalue weighted by Crippen LogP contribution is 2.22. The zero-order chi connectivity index (χ0) is 26.1. The Morgan fingerprint density at radius 3 is 1.94 bits per heavy atom. The number of Topliss-reactive ketones (excluding diaryl/α,β-unsaturated/α-hetero) is 1. The van der Waals surface area contributed by atoms with Gasteiger partial charge in [-0.25, -0.2) is 4.79 Å². The molecule has 0 bridgehead atoms. The second-order valence-electron chi connectivity index (χ2n) is 10.1. The molecular weight excluding hydrogens is 424 g/mol. The highest BCUT2D eigenvalue weighted by molar-refractivity contribution is 5.99. The van der Waals surface area contributed by atoms with Crippen LogP contribution in [-0.4, -0.2) is 29.6 Å². The first kappa shape index (κ1) is 32.3. The van der Waals surface area contributed by atoms with Gasteiger partial charge in [-0.3, -0.25) is 4.79 Å². The molecule has 4 atom stereocenters. The van der Waals surface area contributed by atoms with Crippen LogP contribution in [-0.2, 0) is 14.3 Å². The van der Waals surface area contributed by atoms with Gasteiger partial charge in [-0.1, -0.05) is 103 Å². The number of ether oxygens (including phenoxy) is 1. The summed E-state index contributed by atoms with van der Waals surface area (Å²) in [5.41, 5.74) is 2.06. The molecule has 196 valence electrons. The van der Waals surface area contributed by atoms with Crippen molar-refractivity contribution in [3.8, 4) is 0 Å². The minimum atomic E-state index is -0.400. The van der Waals surface area contributed by atoms with Crippen LogP contribution >= 0.6 is 0 Å². The number of hydrogen-bond donors (Lipinski definition) is 1. The van der Waals surface area contributed by atoms with Crippen molar-refractivity contribution in [1.29, 1.82) is 0 Å². The SMILES string of the molecule is CCCCCCCCCC[C@H](C)[C@H](O)[C@H](C)/C=C(C)/C=C(\C)C(=O)[C@H](C)/C=C(\C)C(=O)OCC. The maximum Gasteiger partial charge on any atom is 0.333 e. The molecule has 0 aliphatic rings. The molecule has 4 heteroatoms. The largest absolute Gasteiger partial charge is 0.463 e. The number of aliphatic hydroxyl groups is 1. The second-order valence-corrected chi connectivity index (χ2v) is 10.1. The molecule has 0 unspecified atom stereocenters. The van der Waals surface area contributed by atoms with E-state index in [0.29, 0.717) is 17.8 Å². The normalized spacial score (nSPS) is 16.7. The number of hydrogen-bond acceptors (Lipinski definition) is 4. The topological polar surface area (TPSA) is 63.6 Å². The minimum absolute atomic E-state index is 0.0200. The van der Waals surface area contributed by atoms with Gasteiger partial charge in [-0.15, -0.1) is 0 Å². The molecule has 0 saturated carbocycles. The maximum atomic E-state index is 12.7. The number of esters is 1. The van der Waals surface area contributed by atoms with E-state index >= 15 is 0 Å². The number of rotatable bonds is 18. The van der Waals surface area contributed by atoms with Gasteiger partial charge in [0.15, 0.2) is 5.78 Å². The molecule has 0 spiro atoms. The van der Waals surface area contributed by atoms with Gasteiger partial charge in [0, 0.05) is 17.4 Å². The predicted molar refractivity (Wildman–Crippen MR) is 144 cm³/mol. The summed E-state index contributed by atoms with van der Waals surface area (Å²) in [6, 6.07) is 0. The van der Waals surface area contributed by atoms with E-state index in [1.165, 1.54) is 51.4 Å². The number of aliphatic hydroxyl groups excluding tert-OH is 1. The van der Waals surface area contributed by atoms with Gasteiger partial charge in [-0.2, -0.15) is 0 Å². The Hall–Kier alpha value is -1.68. The first-order valence-electron chi connectivity index (χ1n) is 13.5. The summed E-state index contributed by atoms with van der Waals surface area (Å²) in [6.07, 6.45) is 16.6. The van der Waals surface area contributed by atoms with Crippen molar-refractivity contribution < 1.29 is 19.4 Å². The van der Waals surface area contributed by atoms with Crippen molar-refractivity contribution in [2.24, 2.45) is 17.8 Å². The van der Waals surface area contributed by atoms with Crippen molar-refractivity contribution in [2.45, 2.75) is 119 Å². The lowest BCUT2D eigenvalue weighted by atomic mass is 9.88. The summed E-state index contributed by atoms with van der Waals surface area (Å²) in [6.45, 7) is 15.7. The highest BCUT2D eigenvalue weighted by atomic mass is 16.5. The number of carbonyl (C=O) groups is 2. The summed E-state index contributed by atoms with van der Waals surface area (Å²) in [5.74, 6) is -0.534. The van der Waals surface area contributed by atoms with E-state index in [9.17, 15) is 14.7 Å². The number of ketones is 1. The zero-order valence-corrected chi connectivity index (χ0v) is 23.3. The van der Waals surface area contributed by atoms with E-state index in [1.54, 1.807) is 33.8 Å². The van der Waals surface area contributed by atoms with Crippen molar-refractivity contribution in [3.63, 3.8) is 0 Å². The Morgan fingerprint density at radius 1 is 0.824 bits per heavy atom. The van der Waals surface area contributed by atoms with Crippen molar-refractivity contribution >= 4 is 11.8 Å². The monoisotopic (exact) mass is 476 g/mol. The van der Waals surface area contributed by atoms with Crippen LogP contribution in [0.4, 0.5) is 0 Å². The van der Waals surface area contributed by atoms with Gasteiger partial charge >= 0.3 is 5.97 Å². The molecule has 0 aromatic rings. The second kappa shape index (κ2) is 18.6. The summed E-state index contributed by atoms with van der Waals surface area (Å²) in [4.78, 5) is 24.5. The first-order valence-corrected chi connectivity index (χ1v) is 13.5. The average molecular weight is 477 g/mol. The number of allylic oxidation sites excluding steroid dienone is 4. The molecule has 0 aliphatic carbocycles. The molecule has 0 saturated heterocycles. The average Bonchev–Trinajstić information content (AvgIpc) is 2.79. The third kappa shape index (κ3) is 13.9. The van der Waals surface area contributed by atoms with Gasteiger partial charge in [0.05, 0.1) is 12.7 Å². The maximum absolute atomic E-state index is 12.7. The van der Waals surface area contributed by atoms with E-state index in [4.69, 9.17) is 4.74 Å². The summed E-state index contributed by atoms with van der Waals surface area (Å²) < 4.78 is 4.98. The molecule has 0 amide bonds. The number of carbonyl (C=O) groups excluding carboxylic acids is 2. The summed E-state index contributed by atoms with van der Waals surface area (Å²) in [7, 11) is 0. The van der Waals surface area contributed by atoms with E-state index in [2.05, 4.69) is 19.9 Å². The fourth-order valence-electron chi connectivity index (χ4n) is 4.39. The van der Waals surface area contributed by atoms with Crippen LogP contribution < -0.4 is 0 Å². The van der Waals surface area contributed by atoms with Crippen molar-refractivity contribution in [3.05, 3.63) is 34.9 Å². The Balaban J connectivity index is 4.70. The van der Waals surface area contributed by atoms with Crippen LogP contribution in [0.2, 0.25) is 0 Å². The molecule has 0 aromatic carbocycles. The van der Waals surface area contributed by atoms with Gasteiger partial charge < -0.3 is 9.84 Å². The quantitative estimate of drug-likeness (QED) is 0.0950. The summed E-state index contributed by atoms with van der Waals surface area (Å²) >= 11 is 0. The van der Waals surface area contributed by atoms with Crippen LogP contribution in [0.5, 0.6) is 0 Å². The molecule has 0 rings (SSSR count). The molecule has 4 nitrogen and oxygen atoms in total. The van der Waals surface area contributed by atoms with E-state index < -0.39 is 12.0 Å². The number of unbranched alkanes of at least 4 members (excludes halogenated alkanes) is 7. The van der Waals surface area contributed by atoms with Crippen LogP contribution in [0, 0.1) is 17.8 Å². The molecule has 0 aromatic heterocycles. The smallest absolute Gasteiger partial charge is 0.333 e. The Bertz CT molecular complexity index is 686. The van der Waals surface area contributed by atoms with Crippen LogP contribution in [0.3, 0.4) is 0 Å². The van der Waals surface area contributed by atoms with Gasteiger partial charge in [0.2, 0.25) is 0 Å². The highest BCUT2D eigenvalue weighted by Gasteiger charge is 2.20. The fraction of sp³-hybridized carbons (Fsp3) is 0.733. The fourth-order valence-corrected chi connectivity index (χ4v) is 4.39. The van der Waals surface area contributed by atoms with Crippen LogP contribution in [0.25, 0.3) is 0 Å². The van der Waals surface area contributed by atoms with E-state index in [1.807, 2.05) is 19.9 Å². The lowest BCUT2D eigenvalue weighted by Crippen LogP contribution is -2.24. The Kier molecular flexibility index (Phi) is 17.7. The first-order chi connectivity index (χ1) is 16.0. The third-order valence-corrected chi connectivity index (χ3v) is 6.50. The van der Waals surface area contributed by atoms with E-state index in [-0.39, 0.29) is 23.6 Å². The van der Waals surface area contributed by atoms with Gasteiger partial charge in [-0.05, 0) is 45.6 Å².